The molecule has 11 rings (SSSR count). The Morgan fingerprint density at radius 3 is 1.22 bits per heavy atom. The Labute approximate surface area is 305 Å². The van der Waals surface area contributed by atoms with Crippen LogP contribution in [0.25, 0.3) is 0 Å². The normalized spacial score (nSPS) is 33.2. The van der Waals surface area contributed by atoms with E-state index in [0.717, 1.165) is 49.5 Å². The van der Waals surface area contributed by atoms with Crippen molar-refractivity contribution < 1.29 is 28.5 Å². The van der Waals surface area contributed by atoms with Gasteiger partial charge < -0.3 is 18.9 Å². The maximum atomic E-state index is 12.8. The van der Waals surface area contributed by atoms with Crippen molar-refractivity contribution in [2.75, 3.05) is 14.2 Å². The Morgan fingerprint density at radius 1 is 0.510 bits per heavy atom. The van der Waals surface area contributed by atoms with Gasteiger partial charge in [0.25, 0.3) is 0 Å². The van der Waals surface area contributed by atoms with E-state index in [1.165, 1.54) is 78.1 Å². The Morgan fingerprint density at radius 2 is 0.882 bits per heavy atom. The Balaban J connectivity index is 1.21. The van der Waals surface area contributed by atoms with Gasteiger partial charge in [-0.25, -0.2) is 0 Å². The highest BCUT2D eigenvalue weighted by Gasteiger charge is 2.52. The van der Waals surface area contributed by atoms with Gasteiger partial charge >= 0.3 is 11.9 Å². The largest absolute Gasteiger partial charge is 0.489 e. The molecular formula is C44H51O6S+. The van der Waals surface area contributed by atoms with Gasteiger partial charge in [-0.05, 0) is 160 Å². The number of methoxy groups -OCH3 is 2. The summed E-state index contributed by atoms with van der Waals surface area (Å²) in [5.74, 6) is 8.19. The lowest BCUT2D eigenvalue weighted by atomic mass is 9.50. The molecule has 0 atom stereocenters. The molecule has 0 radical (unpaired) electrons. The average molecular weight is 708 g/mol. The van der Waals surface area contributed by atoms with Gasteiger partial charge in [0.15, 0.2) is 16.4 Å². The van der Waals surface area contributed by atoms with Crippen LogP contribution in [0.15, 0.2) is 69.3 Å². The quantitative estimate of drug-likeness (QED) is 0.125. The summed E-state index contributed by atoms with van der Waals surface area (Å²) in [5.41, 5.74) is 2.22. The summed E-state index contributed by atoms with van der Waals surface area (Å²) in [4.78, 5) is 28.6. The van der Waals surface area contributed by atoms with Crippen molar-refractivity contribution in [1.29, 1.82) is 0 Å². The molecule has 0 unspecified atom stereocenters. The summed E-state index contributed by atoms with van der Waals surface area (Å²) >= 11 is 0. The Kier molecular flexibility index (Phi) is 8.64. The number of rotatable bonds is 9. The zero-order valence-corrected chi connectivity index (χ0v) is 31.2. The van der Waals surface area contributed by atoms with Gasteiger partial charge in [-0.2, -0.15) is 0 Å². The van der Waals surface area contributed by atoms with Crippen LogP contribution in [0.4, 0.5) is 0 Å². The maximum Gasteiger partial charge on any atom is 0.308 e. The average Bonchev–Trinajstić information content (AvgIpc) is 3.09. The fraction of sp³-hybridized carbons (Fsp3) is 0.545. The standard InChI is InChI=1S/C44H51O6S/c1-24(45)49-41-35(39-30-16-26-14-27(18-30)19-31(39)17-26)10-12-37(43(41)47-3)51(34-8-6-5-7-9-34)38-13-11-36(42(44(38)48-4)50-25(2)46)40-32-20-28-15-29(22-32)23-33(40)21-28/h5-13,26-33,39-40H,14-23H2,1-4H3/q+1. The molecule has 6 nitrogen and oxygen atoms in total. The minimum Gasteiger partial charge on any atom is -0.489 e. The molecule has 51 heavy (non-hydrogen) atoms. The van der Waals surface area contributed by atoms with E-state index in [1.807, 2.05) is 6.07 Å². The summed E-state index contributed by atoms with van der Waals surface area (Å²) in [5, 5.41) is 0. The van der Waals surface area contributed by atoms with Crippen LogP contribution in [0.2, 0.25) is 0 Å². The van der Waals surface area contributed by atoms with Crippen molar-refractivity contribution in [3.8, 4) is 23.0 Å². The second-order valence-corrected chi connectivity index (χ2v) is 18.7. The molecular weight excluding hydrogens is 657 g/mol. The molecule has 8 aliphatic rings. The van der Waals surface area contributed by atoms with E-state index in [0.29, 0.717) is 58.5 Å². The van der Waals surface area contributed by atoms with Crippen LogP contribution in [-0.2, 0) is 20.5 Å². The van der Waals surface area contributed by atoms with Gasteiger partial charge in [0, 0.05) is 25.0 Å². The van der Waals surface area contributed by atoms with Crippen molar-refractivity contribution in [3.63, 3.8) is 0 Å². The lowest BCUT2D eigenvalue weighted by Crippen LogP contribution is -2.44. The second kappa shape index (κ2) is 13.2. The molecule has 8 fully saturated rings. The zero-order valence-electron chi connectivity index (χ0n) is 30.4. The SMILES string of the molecule is COc1c([S+](c2ccccc2)c2ccc(C3C4CC5CC(C4)CC3C5)c(OC(C)=O)c2OC)ccc(C2C3CC4CC(C3)CC2C4)c1OC(C)=O. The number of benzene rings is 3. The minimum atomic E-state index is -0.755. The van der Waals surface area contributed by atoms with Gasteiger partial charge in [-0.3, -0.25) is 9.59 Å². The molecule has 0 heterocycles. The van der Waals surface area contributed by atoms with Crippen molar-refractivity contribution in [2.45, 2.75) is 105 Å². The maximum absolute atomic E-state index is 12.8. The number of carbonyl (C=O) groups is 2. The monoisotopic (exact) mass is 707 g/mol. The summed E-state index contributed by atoms with van der Waals surface area (Å²) in [6.07, 6.45) is 12.9. The smallest absolute Gasteiger partial charge is 0.308 e. The highest BCUT2D eigenvalue weighted by Crippen LogP contribution is 2.64. The number of hydrogen-bond acceptors (Lipinski definition) is 6. The molecule has 8 aliphatic carbocycles. The number of ether oxygens (including phenoxy) is 4. The van der Waals surface area contributed by atoms with Crippen molar-refractivity contribution >= 4 is 22.8 Å². The number of hydrogen-bond donors (Lipinski definition) is 0. The molecule has 8 bridgehead atoms. The van der Waals surface area contributed by atoms with E-state index >= 15 is 0 Å². The molecule has 0 N–H and O–H groups in total. The predicted octanol–water partition coefficient (Wildman–Crippen LogP) is 9.73. The third kappa shape index (κ3) is 5.77. The molecule has 0 amide bonds. The van der Waals surface area contributed by atoms with Crippen LogP contribution in [0.1, 0.15) is 101 Å². The van der Waals surface area contributed by atoms with Gasteiger partial charge in [0.05, 0.1) is 14.2 Å². The van der Waals surface area contributed by atoms with Crippen molar-refractivity contribution in [1.82, 2.24) is 0 Å². The molecule has 0 spiro atoms. The summed E-state index contributed by atoms with van der Waals surface area (Å²) in [6, 6.07) is 19.3. The van der Waals surface area contributed by atoms with Gasteiger partial charge in [-0.1, -0.05) is 18.2 Å². The summed E-state index contributed by atoms with van der Waals surface area (Å²) < 4.78 is 25.1. The molecule has 7 heteroatoms. The van der Waals surface area contributed by atoms with E-state index < -0.39 is 10.9 Å². The first-order valence-corrected chi connectivity index (χ1v) is 20.6. The lowest BCUT2D eigenvalue weighted by Gasteiger charge is -2.54. The van der Waals surface area contributed by atoms with E-state index in [9.17, 15) is 9.59 Å². The van der Waals surface area contributed by atoms with E-state index in [1.54, 1.807) is 14.2 Å². The molecule has 268 valence electrons. The van der Waals surface area contributed by atoms with Crippen LogP contribution in [-0.4, -0.2) is 26.2 Å². The first-order chi connectivity index (χ1) is 24.8. The van der Waals surface area contributed by atoms with Crippen LogP contribution >= 0.6 is 0 Å². The van der Waals surface area contributed by atoms with Crippen LogP contribution in [0.3, 0.4) is 0 Å². The third-order valence-corrected chi connectivity index (χ3v) is 16.0. The van der Waals surface area contributed by atoms with Crippen LogP contribution in [0.5, 0.6) is 23.0 Å². The number of carbonyl (C=O) groups excluding carboxylic acids is 2. The predicted molar refractivity (Wildman–Crippen MR) is 197 cm³/mol. The van der Waals surface area contributed by atoms with E-state index in [4.69, 9.17) is 18.9 Å². The molecule has 0 aliphatic heterocycles. The summed E-state index contributed by atoms with van der Waals surface area (Å²) in [7, 11) is 2.63. The van der Waals surface area contributed by atoms with Crippen LogP contribution < -0.4 is 18.9 Å². The van der Waals surface area contributed by atoms with E-state index in [2.05, 4.69) is 48.5 Å². The lowest BCUT2D eigenvalue weighted by molar-refractivity contribution is -0.133. The Bertz CT molecular complexity index is 1670. The van der Waals surface area contributed by atoms with Crippen LogP contribution in [0, 0.1) is 47.3 Å². The first kappa shape index (κ1) is 33.4. The zero-order chi connectivity index (χ0) is 35.0. The fourth-order valence-electron chi connectivity index (χ4n) is 12.6. The third-order valence-electron chi connectivity index (χ3n) is 13.7. The topological polar surface area (TPSA) is 71.1 Å². The van der Waals surface area contributed by atoms with Gasteiger partial charge in [-0.15, -0.1) is 0 Å². The van der Waals surface area contributed by atoms with Crippen molar-refractivity contribution in [2.24, 2.45) is 47.3 Å². The van der Waals surface area contributed by atoms with E-state index in [-0.39, 0.29) is 11.9 Å². The summed E-state index contributed by atoms with van der Waals surface area (Å²) in [6.45, 7) is 2.97. The Hall–Kier alpha value is -3.45. The minimum absolute atomic E-state index is 0.343. The fourth-order valence-corrected chi connectivity index (χ4v) is 15.0. The molecule has 0 saturated heterocycles. The first-order valence-electron chi connectivity index (χ1n) is 19.4. The highest BCUT2D eigenvalue weighted by atomic mass is 32.2. The molecule has 0 aromatic heterocycles. The molecule has 3 aromatic rings. The van der Waals surface area contributed by atoms with Gasteiger partial charge in [0.1, 0.15) is 10.9 Å². The number of esters is 2. The second-order valence-electron chi connectivity index (χ2n) is 16.8. The molecule has 8 saturated carbocycles. The molecule has 3 aromatic carbocycles. The van der Waals surface area contributed by atoms with Gasteiger partial charge in [0.2, 0.25) is 21.3 Å². The van der Waals surface area contributed by atoms with Crippen molar-refractivity contribution in [3.05, 3.63) is 65.7 Å². The highest BCUT2D eigenvalue weighted by molar-refractivity contribution is 7.97.